The third-order valence-corrected chi connectivity index (χ3v) is 9.01. The van der Waals surface area contributed by atoms with Crippen LogP contribution < -0.4 is 4.74 Å². The molecule has 0 saturated carbocycles. The highest BCUT2D eigenvalue weighted by atomic mass is 35.5. The van der Waals surface area contributed by atoms with E-state index < -0.39 is 40.8 Å². The number of halogens is 6. The molecule has 41 heavy (non-hydrogen) atoms. The fourth-order valence-corrected chi connectivity index (χ4v) is 5.60. The van der Waals surface area contributed by atoms with Crippen LogP contribution in [-0.2, 0) is 10.3 Å². The first-order valence-corrected chi connectivity index (χ1v) is 14.2. The average Bonchev–Trinajstić information content (AvgIpc) is 2.90. The Morgan fingerprint density at radius 1 is 1.15 bits per heavy atom. The van der Waals surface area contributed by atoms with Crippen LogP contribution in [0.1, 0.15) is 38.2 Å². The first kappa shape index (κ1) is 33.3. The first-order valence-electron chi connectivity index (χ1n) is 12.7. The second-order valence-electron chi connectivity index (χ2n) is 10.2. The fraction of sp³-hybridized carbons (Fsp3) is 0.481. The standard InChI is InChI=1S/C27H31Cl2F4N3O4S/c1-25(41-39)12-14-36(25)13-6-11-26(18-9-10-19(28)20(29)15-18,17-34(2)23(37)16-27(31,32)33)35(3)24(38)40-22-8-5-4-7-21(22)30/h4-5,7-10,15,39H,6,11-14,16-17H2,1-3H3/t25?,26-/m1/s1. The van der Waals surface area contributed by atoms with Crippen LogP contribution in [0.3, 0.4) is 0 Å². The van der Waals surface area contributed by atoms with Crippen molar-refractivity contribution in [2.75, 3.05) is 33.7 Å². The number of rotatable bonds is 11. The molecular weight excluding hydrogens is 609 g/mol. The molecule has 2 atom stereocenters. The van der Waals surface area contributed by atoms with Crippen LogP contribution >= 0.6 is 35.2 Å². The van der Waals surface area contributed by atoms with Crippen LogP contribution in [0.5, 0.6) is 5.75 Å². The van der Waals surface area contributed by atoms with Gasteiger partial charge in [-0.15, -0.1) is 0 Å². The number of nitrogens with zero attached hydrogens (tertiary/aromatic N) is 3. The van der Waals surface area contributed by atoms with Crippen molar-refractivity contribution in [2.24, 2.45) is 0 Å². The zero-order valence-corrected chi connectivity index (χ0v) is 25.0. The van der Waals surface area contributed by atoms with E-state index in [4.69, 9.17) is 27.9 Å². The molecule has 1 N–H and O–H groups in total. The molecule has 226 valence electrons. The Balaban J connectivity index is 2.04. The minimum Gasteiger partial charge on any atom is -0.407 e. The Morgan fingerprint density at radius 3 is 2.39 bits per heavy atom. The number of likely N-dealkylation sites (N-methyl/N-ethyl adjacent to an activating group) is 2. The number of hydrogen-bond acceptors (Lipinski definition) is 6. The van der Waals surface area contributed by atoms with E-state index in [-0.39, 0.29) is 28.8 Å². The van der Waals surface area contributed by atoms with E-state index in [1.54, 1.807) is 6.07 Å². The molecule has 3 rings (SSSR count). The summed E-state index contributed by atoms with van der Waals surface area (Å²) in [5.41, 5.74) is -1.09. The third kappa shape index (κ3) is 7.98. The number of alkyl halides is 3. The van der Waals surface area contributed by atoms with Gasteiger partial charge in [-0.25, -0.2) is 9.18 Å². The van der Waals surface area contributed by atoms with Gasteiger partial charge in [0.05, 0.1) is 20.5 Å². The number of carbonyl (C=O) groups is 2. The highest BCUT2D eigenvalue weighted by molar-refractivity contribution is 7.95. The Bertz CT molecular complexity index is 1250. The molecule has 2 aromatic carbocycles. The SMILES string of the molecule is CN(C[C@](CCCN1CCC1(C)SO)(c1ccc(Cl)c(Cl)c1)N(C)C(=O)Oc1ccccc1F)C(=O)CC(F)(F)F. The van der Waals surface area contributed by atoms with Gasteiger partial charge in [-0.2, -0.15) is 13.2 Å². The van der Waals surface area contributed by atoms with Crippen molar-refractivity contribution in [3.05, 3.63) is 63.9 Å². The Hall–Kier alpha value is -2.25. The van der Waals surface area contributed by atoms with E-state index in [0.717, 1.165) is 40.9 Å². The summed E-state index contributed by atoms with van der Waals surface area (Å²) >= 11 is 13.2. The molecule has 7 nitrogen and oxygen atoms in total. The maximum absolute atomic E-state index is 14.3. The molecule has 1 saturated heterocycles. The molecular formula is C27H31Cl2F4N3O4S. The molecule has 0 spiro atoms. The molecule has 2 amide bonds. The van der Waals surface area contributed by atoms with Gasteiger partial charge in [0.2, 0.25) is 5.91 Å². The number of para-hydroxylation sites is 1. The van der Waals surface area contributed by atoms with Gasteiger partial charge in [0.15, 0.2) is 11.6 Å². The summed E-state index contributed by atoms with van der Waals surface area (Å²) in [7, 11) is 2.58. The largest absolute Gasteiger partial charge is 0.415 e. The first-order chi connectivity index (χ1) is 19.1. The number of benzene rings is 2. The monoisotopic (exact) mass is 639 g/mol. The predicted octanol–water partition coefficient (Wildman–Crippen LogP) is 7.28. The Morgan fingerprint density at radius 2 is 1.83 bits per heavy atom. The number of hydrogen-bond donors (Lipinski definition) is 1. The van der Waals surface area contributed by atoms with Gasteiger partial charge in [0.25, 0.3) is 0 Å². The van der Waals surface area contributed by atoms with Crippen molar-refractivity contribution in [3.63, 3.8) is 0 Å². The minimum atomic E-state index is -4.74. The second-order valence-corrected chi connectivity index (χ2v) is 12.0. The number of ether oxygens (including phenoxy) is 1. The van der Waals surface area contributed by atoms with E-state index in [1.807, 2.05) is 11.8 Å². The van der Waals surface area contributed by atoms with E-state index in [2.05, 4.69) is 0 Å². The number of amides is 2. The summed E-state index contributed by atoms with van der Waals surface area (Å²) in [5.74, 6) is -2.33. The summed E-state index contributed by atoms with van der Waals surface area (Å²) in [6.07, 6.45) is -6.14. The molecule has 1 unspecified atom stereocenters. The lowest BCUT2D eigenvalue weighted by molar-refractivity contribution is -0.161. The molecule has 0 aromatic heterocycles. The van der Waals surface area contributed by atoms with Crippen molar-refractivity contribution < 1.29 is 36.4 Å². The van der Waals surface area contributed by atoms with Crippen molar-refractivity contribution >= 4 is 47.2 Å². The zero-order valence-electron chi connectivity index (χ0n) is 22.7. The molecule has 0 aliphatic carbocycles. The van der Waals surface area contributed by atoms with Crippen molar-refractivity contribution in [2.45, 2.75) is 49.2 Å². The van der Waals surface area contributed by atoms with Crippen molar-refractivity contribution in [1.82, 2.24) is 14.7 Å². The van der Waals surface area contributed by atoms with Gasteiger partial charge in [-0.05, 0) is 62.6 Å². The van der Waals surface area contributed by atoms with Crippen molar-refractivity contribution in [3.8, 4) is 5.75 Å². The summed E-state index contributed by atoms with van der Waals surface area (Å²) in [6, 6.07) is 9.81. The Kier molecular flexibility index (Phi) is 10.8. The molecule has 0 bridgehead atoms. The minimum absolute atomic E-state index is 0.126. The molecule has 1 aliphatic rings. The van der Waals surface area contributed by atoms with Crippen LogP contribution in [0.25, 0.3) is 0 Å². The normalized spacial score (nSPS) is 18.8. The number of carbonyl (C=O) groups excluding carboxylic acids is 2. The topological polar surface area (TPSA) is 73.3 Å². The van der Waals surface area contributed by atoms with Crippen LogP contribution in [-0.4, -0.2) is 76.0 Å². The van der Waals surface area contributed by atoms with E-state index in [1.165, 1.54) is 44.4 Å². The van der Waals surface area contributed by atoms with Gasteiger partial charge in [0, 0.05) is 39.2 Å². The smallest absolute Gasteiger partial charge is 0.407 e. The van der Waals surface area contributed by atoms with Crippen molar-refractivity contribution in [1.29, 1.82) is 0 Å². The van der Waals surface area contributed by atoms with Gasteiger partial charge in [-0.1, -0.05) is 41.4 Å². The highest BCUT2D eigenvalue weighted by Gasteiger charge is 2.45. The van der Waals surface area contributed by atoms with E-state index in [0.29, 0.717) is 18.5 Å². The molecule has 0 radical (unpaired) electrons. The predicted molar refractivity (Wildman–Crippen MR) is 151 cm³/mol. The average molecular weight is 641 g/mol. The summed E-state index contributed by atoms with van der Waals surface area (Å²) < 4.78 is 68.7. The lowest BCUT2D eigenvalue weighted by Gasteiger charge is -2.49. The summed E-state index contributed by atoms with van der Waals surface area (Å²) in [5, 5.41) is 0.333. The van der Waals surface area contributed by atoms with E-state index >= 15 is 0 Å². The van der Waals surface area contributed by atoms with Gasteiger partial charge in [-0.3, -0.25) is 14.6 Å². The van der Waals surface area contributed by atoms with Crippen LogP contribution in [0.2, 0.25) is 10.0 Å². The zero-order chi connectivity index (χ0) is 30.6. The second kappa shape index (κ2) is 13.4. The molecule has 1 fully saturated rings. The molecule has 2 aromatic rings. The van der Waals surface area contributed by atoms with Crippen LogP contribution in [0, 0.1) is 5.82 Å². The van der Waals surface area contributed by atoms with Gasteiger partial charge in [0.1, 0.15) is 6.42 Å². The molecule has 1 aliphatic heterocycles. The lowest BCUT2D eigenvalue weighted by Crippen LogP contribution is -2.57. The number of likely N-dealkylation sites (tertiary alicyclic amines) is 1. The molecule has 14 heteroatoms. The summed E-state index contributed by atoms with van der Waals surface area (Å²) in [6.45, 7) is 2.71. The van der Waals surface area contributed by atoms with Crippen LogP contribution in [0.15, 0.2) is 42.5 Å². The maximum atomic E-state index is 14.3. The van der Waals surface area contributed by atoms with E-state index in [9.17, 15) is 31.7 Å². The lowest BCUT2D eigenvalue weighted by atomic mass is 9.82. The third-order valence-electron chi connectivity index (χ3n) is 7.41. The Labute approximate surface area is 250 Å². The fourth-order valence-electron chi connectivity index (χ4n) is 4.82. The van der Waals surface area contributed by atoms with Gasteiger partial charge >= 0.3 is 12.3 Å². The maximum Gasteiger partial charge on any atom is 0.415 e. The van der Waals surface area contributed by atoms with Gasteiger partial charge < -0.3 is 14.2 Å². The molecule has 1 heterocycles. The quantitative estimate of drug-likeness (QED) is 0.206. The van der Waals surface area contributed by atoms with Crippen LogP contribution in [0.4, 0.5) is 22.4 Å². The summed E-state index contributed by atoms with van der Waals surface area (Å²) in [4.78, 5) is 29.7. The highest BCUT2D eigenvalue weighted by Crippen LogP contribution is 2.41.